The van der Waals surface area contributed by atoms with E-state index in [0.29, 0.717) is 17.2 Å². The highest BCUT2D eigenvalue weighted by atomic mass is 32.1. The van der Waals surface area contributed by atoms with Gasteiger partial charge in [0.25, 0.3) is 0 Å². The van der Waals surface area contributed by atoms with Gasteiger partial charge in [-0.05, 0) is 79.8 Å². The quantitative estimate of drug-likeness (QED) is 0.241. The van der Waals surface area contributed by atoms with Gasteiger partial charge in [0.15, 0.2) is 5.11 Å². The first kappa shape index (κ1) is 26.1. The molecule has 1 amide bonds. The van der Waals surface area contributed by atoms with Crippen molar-refractivity contribution < 1.29 is 14.3 Å². The zero-order valence-electron chi connectivity index (χ0n) is 21.7. The van der Waals surface area contributed by atoms with E-state index in [1.165, 1.54) is 7.11 Å². The first-order chi connectivity index (χ1) is 18.9. The van der Waals surface area contributed by atoms with E-state index in [0.717, 1.165) is 28.3 Å². The number of rotatable bonds is 8. The fourth-order valence-corrected chi connectivity index (χ4v) is 5.13. The van der Waals surface area contributed by atoms with Crippen LogP contribution in [-0.4, -0.2) is 45.1 Å². The Labute approximate surface area is 232 Å². The van der Waals surface area contributed by atoms with Crippen LogP contribution >= 0.6 is 12.2 Å². The molecule has 0 unspecified atom stereocenters. The molecule has 2 N–H and O–H groups in total. The van der Waals surface area contributed by atoms with E-state index in [1.54, 1.807) is 18.3 Å². The van der Waals surface area contributed by atoms with Gasteiger partial charge in [0, 0.05) is 42.4 Å². The molecule has 4 aromatic rings. The Morgan fingerprint density at radius 2 is 1.79 bits per heavy atom. The highest BCUT2D eigenvalue weighted by molar-refractivity contribution is 7.80. The Morgan fingerprint density at radius 3 is 2.49 bits per heavy atom. The molecule has 1 aliphatic heterocycles. The Hall–Kier alpha value is -4.50. The van der Waals surface area contributed by atoms with Crippen LogP contribution in [-0.2, 0) is 9.53 Å². The van der Waals surface area contributed by atoms with E-state index in [-0.39, 0.29) is 30.4 Å². The van der Waals surface area contributed by atoms with Gasteiger partial charge in [-0.1, -0.05) is 23.8 Å². The molecule has 2 aromatic carbocycles. The van der Waals surface area contributed by atoms with Crippen molar-refractivity contribution in [3.05, 3.63) is 114 Å². The lowest BCUT2D eigenvalue weighted by molar-refractivity contribution is -0.116. The minimum absolute atomic E-state index is 0.0875. The second-order valence-corrected chi connectivity index (χ2v) is 9.71. The van der Waals surface area contributed by atoms with E-state index in [2.05, 4.69) is 25.1 Å². The molecule has 2 aromatic heterocycles. The van der Waals surface area contributed by atoms with Gasteiger partial charge in [-0.2, -0.15) is 0 Å². The van der Waals surface area contributed by atoms with Crippen molar-refractivity contribution in [2.45, 2.75) is 25.4 Å². The number of aryl methyl sites for hydroxylation is 1. The number of methoxy groups -OCH3 is 1. The Morgan fingerprint density at radius 1 is 1.03 bits per heavy atom. The van der Waals surface area contributed by atoms with Crippen molar-refractivity contribution in [3.8, 4) is 5.69 Å². The van der Waals surface area contributed by atoms with Crippen molar-refractivity contribution >= 4 is 34.9 Å². The van der Waals surface area contributed by atoms with Gasteiger partial charge in [-0.3, -0.25) is 9.78 Å². The summed E-state index contributed by atoms with van der Waals surface area (Å²) in [6.07, 6.45) is 4.00. The molecule has 39 heavy (non-hydrogen) atoms. The molecule has 5 rings (SSSR count). The summed E-state index contributed by atoms with van der Waals surface area (Å²) in [6, 6.07) is 24.3. The monoisotopic (exact) mass is 539 g/mol. The number of esters is 1. The number of carbonyl (C=O) groups is 2. The van der Waals surface area contributed by atoms with Crippen molar-refractivity contribution in [1.82, 2.24) is 19.8 Å². The smallest absolute Gasteiger partial charge is 0.337 e. The average molecular weight is 540 g/mol. The number of hydrogen-bond acceptors (Lipinski definition) is 5. The van der Waals surface area contributed by atoms with Crippen molar-refractivity contribution in [2.75, 3.05) is 19.0 Å². The molecule has 0 saturated carbocycles. The van der Waals surface area contributed by atoms with Crippen LogP contribution in [0.15, 0.2) is 91.3 Å². The number of nitrogens with zero attached hydrogens (tertiary/aromatic N) is 3. The Kier molecular flexibility index (Phi) is 7.69. The van der Waals surface area contributed by atoms with Crippen molar-refractivity contribution in [2.24, 2.45) is 0 Å². The fraction of sp³-hybridized carbons (Fsp3) is 0.200. The number of hydrogen-bond donors (Lipinski definition) is 2. The summed E-state index contributed by atoms with van der Waals surface area (Å²) < 4.78 is 6.90. The van der Waals surface area contributed by atoms with Crippen LogP contribution < -0.4 is 10.6 Å². The second-order valence-electron chi connectivity index (χ2n) is 9.33. The highest BCUT2D eigenvalue weighted by Gasteiger charge is 2.41. The molecule has 1 aliphatic rings. The highest BCUT2D eigenvalue weighted by Crippen LogP contribution is 2.39. The summed E-state index contributed by atoms with van der Waals surface area (Å²) in [5.74, 6) is -0.472. The number of benzene rings is 2. The number of pyridine rings is 1. The topological polar surface area (TPSA) is 88.5 Å². The maximum Gasteiger partial charge on any atom is 0.337 e. The summed E-state index contributed by atoms with van der Waals surface area (Å²) in [5.41, 5.74) is 5.09. The SMILES string of the molecule is COC(=O)c1ccc(-n2cccc2[C@H]2[C@H](c3ccccn3)NC(=S)N2CCC(=O)Nc2ccc(C)cc2)cc1. The third-order valence-corrected chi connectivity index (χ3v) is 7.12. The van der Waals surface area contributed by atoms with Crippen molar-refractivity contribution in [1.29, 1.82) is 0 Å². The number of amides is 1. The predicted molar refractivity (Wildman–Crippen MR) is 154 cm³/mol. The lowest BCUT2D eigenvalue weighted by atomic mass is 10.0. The molecule has 0 bridgehead atoms. The van der Waals surface area contributed by atoms with Crippen molar-refractivity contribution in [3.63, 3.8) is 0 Å². The third kappa shape index (κ3) is 5.68. The van der Waals surface area contributed by atoms with E-state index in [1.807, 2.05) is 79.9 Å². The molecule has 0 aliphatic carbocycles. The summed E-state index contributed by atoms with van der Waals surface area (Å²) in [5, 5.41) is 6.97. The van der Waals surface area contributed by atoms with Crippen LogP contribution in [0.2, 0.25) is 0 Å². The summed E-state index contributed by atoms with van der Waals surface area (Å²) in [4.78, 5) is 31.4. The molecular weight excluding hydrogens is 510 g/mol. The molecule has 198 valence electrons. The Bertz CT molecular complexity index is 1470. The molecule has 8 nitrogen and oxygen atoms in total. The van der Waals surface area contributed by atoms with Crippen LogP contribution in [0, 0.1) is 6.92 Å². The molecule has 1 fully saturated rings. The Balaban J connectivity index is 1.43. The van der Waals surface area contributed by atoms with E-state index >= 15 is 0 Å². The average Bonchev–Trinajstić information content (AvgIpc) is 3.57. The predicted octanol–water partition coefficient (Wildman–Crippen LogP) is 4.97. The normalized spacial score (nSPS) is 16.6. The van der Waals surface area contributed by atoms with E-state index in [4.69, 9.17) is 17.0 Å². The van der Waals surface area contributed by atoms with Crippen LogP contribution in [0.3, 0.4) is 0 Å². The fourth-order valence-electron chi connectivity index (χ4n) is 4.80. The standard InChI is InChI=1S/C30H29N5O3S/c1-20-8-12-22(13-9-20)32-26(36)16-19-35-28(27(33-30(35)39)24-6-3-4-17-31-24)25-7-5-18-34(25)23-14-10-21(11-15-23)29(37)38-2/h3-15,17-18,27-28H,16,19H2,1-2H3,(H,32,36)(H,33,39)/t27-,28-/m0/s1. The lowest BCUT2D eigenvalue weighted by Crippen LogP contribution is -2.33. The molecule has 9 heteroatoms. The minimum Gasteiger partial charge on any atom is -0.465 e. The van der Waals surface area contributed by atoms with Gasteiger partial charge in [0.1, 0.15) is 0 Å². The van der Waals surface area contributed by atoms with Crippen LogP contribution in [0.1, 0.15) is 45.8 Å². The van der Waals surface area contributed by atoms with Crippen LogP contribution in [0.25, 0.3) is 5.69 Å². The second kappa shape index (κ2) is 11.5. The zero-order chi connectivity index (χ0) is 27.4. The molecule has 3 heterocycles. The van der Waals surface area contributed by atoms with Crippen LogP contribution in [0.4, 0.5) is 5.69 Å². The number of aromatic nitrogens is 2. The number of ether oxygens (including phenoxy) is 1. The summed E-state index contributed by atoms with van der Waals surface area (Å²) in [7, 11) is 1.36. The molecular formula is C30H29N5O3S. The number of carbonyl (C=O) groups excluding carboxylic acids is 2. The van der Waals surface area contributed by atoms with Gasteiger partial charge in [-0.25, -0.2) is 4.79 Å². The molecule has 2 atom stereocenters. The van der Waals surface area contributed by atoms with Gasteiger partial charge < -0.3 is 24.8 Å². The minimum atomic E-state index is -0.384. The maximum absolute atomic E-state index is 12.8. The van der Waals surface area contributed by atoms with Gasteiger partial charge in [-0.15, -0.1) is 0 Å². The van der Waals surface area contributed by atoms with Gasteiger partial charge in [0.2, 0.25) is 5.91 Å². The summed E-state index contributed by atoms with van der Waals surface area (Å²) in [6.45, 7) is 2.43. The van der Waals surface area contributed by atoms with E-state index in [9.17, 15) is 9.59 Å². The number of anilines is 1. The van der Waals surface area contributed by atoms with E-state index < -0.39 is 0 Å². The first-order valence-electron chi connectivity index (χ1n) is 12.6. The maximum atomic E-state index is 12.8. The zero-order valence-corrected chi connectivity index (χ0v) is 22.5. The van der Waals surface area contributed by atoms with Gasteiger partial charge in [0.05, 0.1) is 30.5 Å². The number of nitrogens with one attached hydrogen (secondary N) is 2. The largest absolute Gasteiger partial charge is 0.465 e. The third-order valence-electron chi connectivity index (χ3n) is 6.76. The molecule has 1 saturated heterocycles. The number of thiocarbonyl (C=S) groups is 1. The first-order valence-corrected chi connectivity index (χ1v) is 13.1. The summed E-state index contributed by atoms with van der Waals surface area (Å²) >= 11 is 5.78. The molecule has 0 radical (unpaired) electrons. The lowest BCUT2D eigenvalue weighted by Gasteiger charge is -2.29. The molecule has 0 spiro atoms. The van der Waals surface area contributed by atoms with Crippen LogP contribution in [0.5, 0.6) is 0 Å². The van der Waals surface area contributed by atoms with Gasteiger partial charge >= 0.3 is 5.97 Å².